The number of nitrogens with zero attached hydrogens (tertiary/aromatic N) is 3. The number of para-hydroxylation sites is 1. The first-order chi connectivity index (χ1) is 15.7. The van der Waals surface area contributed by atoms with Crippen molar-refractivity contribution in [3.8, 4) is 16.9 Å². The van der Waals surface area contributed by atoms with E-state index < -0.39 is 6.67 Å². The van der Waals surface area contributed by atoms with Crippen LogP contribution in [0.4, 0.5) is 15.9 Å². The minimum absolute atomic E-state index is 0.250. The molecule has 2 aromatic heterocycles. The lowest BCUT2D eigenvalue weighted by Gasteiger charge is -2.10. The summed E-state index contributed by atoms with van der Waals surface area (Å²) in [7, 11) is 0. The molecule has 5 nitrogen and oxygen atoms in total. The Hall–Kier alpha value is -3.84. The fourth-order valence-electron chi connectivity index (χ4n) is 3.58. The molecule has 0 fully saturated rings. The van der Waals surface area contributed by atoms with Crippen LogP contribution in [0, 0.1) is 0 Å². The van der Waals surface area contributed by atoms with E-state index >= 15 is 0 Å². The molecule has 158 valence electrons. The molecule has 2 N–H and O–H groups in total. The number of phenols is 1. The Bertz CT molecular complexity index is 1380. The predicted molar refractivity (Wildman–Crippen MR) is 126 cm³/mol. The van der Waals surface area contributed by atoms with Gasteiger partial charge in [0.2, 0.25) is 0 Å². The molecular formula is C25H19FN4OS. The summed E-state index contributed by atoms with van der Waals surface area (Å²) in [6.45, 7) is -0.490. The first-order valence-corrected chi connectivity index (χ1v) is 10.9. The van der Waals surface area contributed by atoms with Gasteiger partial charge in [-0.25, -0.2) is 19.3 Å². The average molecular weight is 443 g/mol. The third-order valence-corrected chi connectivity index (χ3v) is 6.13. The Labute approximate surface area is 188 Å². The second-order valence-electron chi connectivity index (χ2n) is 7.29. The second kappa shape index (κ2) is 8.72. The Morgan fingerprint density at radius 3 is 2.41 bits per heavy atom. The zero-order chi connectivity index (χ0) is 21.9. The molecule has 0 saturated heterocycles. The number of thiazole rings is 1. The summed E-state index contributed by atoms with van der Waals surface area (Å²) in [5.74, 6) is 0.861. The fraction of sp³-hybridized carbons (Fsp3) is 0.0800. The van der Waals surface area contributed by atoms with Crippen molar-refractivity contribution in [3.05, 3.63) is 95.3 Å². The molecule has 0 unspecified atom stereocenters. The number of phenolic OH excluding ortho intramolecular Hbond substituents is 1. The Morgan fingerprint density at radius 2 is 1.62 bits per heavy atom. The van der Waals surface area contributed by atoms with Gasteiger partial charge >= 0.3 is 0 Å². The lowest BCUT2D eigenvalue weighted by atomic mass is 9.97. The number of aromatic hydroxyl groups is 1. The number of rotatable bonds is 6. The van der Waals surface area contributed by atoms with E-state index in [4.69, 9.17) is 4.98 Å². The smallest absolute Gasteiger partial charge is 0.161 e. The number of halogens is 1. The van der Waals surface area contributed by atoms with Crippen LogP contribution in [0.3, 0.4) is 0 Å². The molecule has 0 aliphatic carbocycles. The van der Waals surface area contributed by atoms with Crippen molar-refractivity contribution in [2.75, 3.05) is 5.32 Å². The molecule has 5 aromatic rings. The van der Waals surface area contributed by atoms with Gasteiger partial charge in [0.1, 0.15) is 34.1 Å². The summed E-state index contributed by atoms with van der Waals surface area (Å²) in [6, 6.07) is 22.4. The standard InChI is InChI=1S/C25H19FN4OS/c26-14-16-9-11-18(12-10-16)29-24-23-25(28-15-27-24)32-22(30-23)13-17-5-1-2-6-19(17)20-7-3-4-8-21(20)31/h1-12,15,31H,13-14H2,(H,27,28,29). The van der Waals surface area contributed by atoms with Gasteiger partial charge in [0.25, 0.3) is 0 Å². The molecule has 0 bridgehead atoms. The number of nitrogens with one attached hydrogen (secondary N) is 1. The van der Waals surface area contributed by atoms with E-state index in [1.807, 2.05) is 54.6 Å². The summed E-state index contributed by atoms with van der Waals surface area (Å²) < 4.78 is 12.8. The molecule has 0 aliphatic rings. The van der Waals surface area contributed by atoms with E-state index in [9.17, 15) is 9.50 Å². The minimum atomic E-state index is -0.490. The molecule has 0 amide bonds. The van der Waals surface area contributed by atoms with Crippen LogP contribution in [0.2, 0.25) is 0 Å². The Morgan fingerprint density at radius 1 is 0.875 bits per heavy atom. The maximum absolute atomic E-state index is 12.8. The molecule has 0 saturated carbocycles. The van der Waals surface area contributed by atoms with Gasteiger partial charge < -0.3 is 10.4 Å². The highest BCUT2D eigenvalue weighted by Gasteiger charge is 2.14. The summed E-state index contributed by atoms with van der Waals surface area (Å²) in [6.07, 6.45) is 2.12. The van der Waals surface area contributed by atoms with E-state index in [2.05, 4.69) is 15.3 Å². The third-order valence-electron chi connectivity index (χ3n) is 5.16. The lowest BCUT2D eigenvalue weighted by Crippen LogP contribution is -1.96. The summed E-state index contributed by atoms with van der Waals surface area (Å²) >= 11 is 1.52. The van der Waals surface area contributed by atoms with Gasteiger partial charge in [-0.2, -0.15) is 0 Å². The third kappa shape index (κ3) is 4.02. The zero-order valence-corrected chi connectivity index (χ0v) is 17.8. The summed E-state index contributed by atoms with van der Waals surface area (Å²) in [5.41, 5.74) is 4.97. The second-order valence-corrected chi connectivity index (χ2v) is 8.35. The quantitative estimate of drug-likeness (QED) is 0.325. The summed E-state index contributed by atoms with van der Waals surface area (Å²) in [5, 5.41) is 14.5. The van der Waals surface area contributed by atoms with Crippen molar-refractivity contribution < 1.29 is 9.50 Å². The monoisotopic (exact) mass is 442 g/mol. The number of aromatic nitrogens is 3. The number of benzene rings is 3. The van der Waals surface area contributed by atoms with Gasteiger partial charge in [0.15, 0.2) is 5.82 Å². The van der Waals surface area contributed by atoms with Crippen molar-refractivity contribution in [3.63, 3.8) is 0 Å². The van der Waals surface area contributed by atoms with Gasteiger partial charge in [-0.1, -0.05) is 65.9 Å². The largest absolute Gasteiger partial charge is 0.507 e. The molecule has 0 aliphatic heterocycles. The highest BCUT2D eigenvalue weighted by Crippen LogP contribution is 2.34. The number of fused-ring (bicyclic) bond motifs is 1. The molecule has 0 atom stereocenters. The average Bonchev–Trinajstić information content (AvgIpc) is 3.24. The summed E-state index contributed by atoms with van der Waals surface area (Å²) in [4.78, 5) is 14.3. The Kier molecular flexibility index (Phi) is 5.47. The maximum Gasteiger partial charge on any atom is 0.161 e. The number of anilines is 2. The molecule has 7 heteroatoms. The van der Waals surface area contributed by atoms with Crippen molar-refractivity contribution in [2.45, 2.75) is 13.1 Å². The highest BCUT2D eigenvalue weighted by atomic mass is 32.1. The Balaban J connectivity index is 1.47. The van der Waals surface area contributed by atoms with E-state index in [1.54, 1.807) is 18.2 Å². The molecule has 3 aromatic carbocycles. The van der Waals surface area contributed by atoms with Crippen molar-refractivity contribution in [1.29, 1.82) is 0 Å². The molecule has 0 radical (unpaired) electrons. The van der Waals surface area contributed by atoms with Crippen molar-refractivity contribution in [2.24, 2.45) is 0 Å². The SMILES string of the molecule is Oc1ccccc1-c1ccccc1Cc1nc2c(Nc3ccc(CF)cc3)ncnc2s1. The highest BCUT2D eigenvalue weighted by molar-refractivity contribution is 7.18. The first-order valence-electron chi connectivity index (χ1n) is 10.1. The lowest BCUT2D eigenvalue weighted by molar-refractivity contribution is 0.477. The van der Waals surface area contributed by atoms with E-state index in [1.165, 1.54) is 17.7 Å². The van der Waals surface area contributed by atoms with Crippen LogP contribution in [0.5, 0.6) is 5.75 Å². The van der Waals surface area contributed by atoms with E-state index in [0.717, 1.165) is 32.2 Å². The van der Waals surface area contributed by atoms with Crippen LogP contribution in [-0.2, 0) is 13.1 Å². The normalized spacial score (nSPS) is 11.0. The predicted octanol–water partition coefficient (Wildman–Crippen LogP) is 6.26. The fourth-order valence-corrected chi connectivity index (χ4v) is 4.51. The van der Waals surface area contributed by atoms with Crippen LogP contribution in [0.1, 0.15) is 16.1 Å². The molecule has 2 heterocycles. The van der Waals surface area contributed by atoms with Gasteiger partial charge in [0.05, 0.1) is 0 Å². The van der Waals surface area contributed by atoms with Gasteiger partial charge in [-0.05, 0) is 34.9 Å². The number of hydrogen-bond acceptors (Lipinski definition) is 6. The number of alkyl halides is 1. The van der Waals surface area contributed by atoms with Crippen LogP contribution in [-0.4, -0.2) is 20.1 Å². The maximum atomic E-state index is 12.8. The van der Waals surface area contributed by atoms with Gasteiger partial charge in [-0.3, -0.25) is 0 Å². The van der Waals surface area contributed by atoms with Crippen LogP contribution in [0.25, 0.3) is 21.5 Å². The van der Waals surface area contributed by atoms with Crippen LogP contribution < -0.4 is 5.32 Å². The van der Waals surface area contributed by atoms with Gasteiger partial charge in [-0.15, -0.1) is 0 Å². The van der Waals surface area contributed by atoms with Crippen molar-refractivity contribution >= 4 is 33.2 Å². The first kappa shape index (κ1) is 20.1. The van der Waals surface area contributed by atoms with Crippen LogP contribution in [0.15, 0.2) is 79.1 Å². The van der Waals surface area contributed by atoms with Crippen LogP contribution >= 0.6 is 11.3 Å². The van der Waals surface area contributed by atoms with Gasteiger partial charge in [0, 0.05) is 17.7 Å². The molecular weight excluding hydrogens is 423 g/mol. The minimum Gasteiger partial charge on any atom is -0.507 e. The molecule has 32 heavy (non-hydrogen) atoms. The number of hydrogen-bond donors (Lipinski definition) is 2. The van der Waals surface area contributed by atoms with Crippen molar-refractivity contribution in [1.82, 2.24) is 15.0 Å². The molecule has 5 rings (SSSR count). The van der Waals surface area contributed by atoms with E-state index in [0.29, 0.717) is 23.3 Å². The topological polar surface area (TPSA) is 70.9 Å². The zero-order valence-electron chi connectivity index (χ0n) is 17.0. The van der Waals surface area contributed by atoms with E-state index in [-0.39, 0.29) is 5.75 Å². The molecule has 0 spiro atoms.